The molecule has 112 valence electrons. The smallest absolute Gasteiger partial charge is 0.0775 e. The summed E-state index contributed by atoms with van der Waals surface area (Å²) in [4.78, 5) is 1.11. The van der Waals surface area contributed by atoms with Crippen molar-refractivity contribution in [3.8, 4) is 0 Å². The highest BCUT2D eigenvalue weighted by Gasteiger charge is 2.35. The van der Waals surface area contributed by atoms with Gasteiger partial charge in [-0.25, -0.2) is 0 Å². The summed E-state index contributed by atoms with van der Waals surface area (Å²) in [5.41, 5.74) is 0.517. The average molecular weight is 302 g/mol. The molecule has 2 N–H and O–H groups in total. The molecule has 0 aliphatic heterocycles. The fraction of sp³-hybridized carbons (Fsp3) is 0.333. The first-order valence-electron chi connectivity index (χ1n) is 7.10. The fourth-order valence-corrected chi connectivity index (χ4v) is 3.50. The zero-order chi connectivity index (χ0) is 15.3. The molecule has 0 aromatic heterocycles. The highest BCUT2D eigenvalue weighted by atomic mass is 32.2. The summed E-state index contributed by atoms with van der Waals surface area (Å²) in [7, 11) is 0. The number of benzene rings is 2. The Morgan fingerprint density at radius 2 is 1.48 bits per heavy atom. The van der Waals surface area contributed by atoms with Crippen LogP contribution in [0.25, 0.3) is 0 Å². The summed E-state index contributed by atoms with van der Waals surface area (Å²) in [6.45, 7) is 3.73. The maximum absolute atomic E-state index is 10.8. The van der Waals surface area contributed by atoms with Crippen molar-refractivity contribution in [3.63, 3.8) is 0 Å². The van der Waals surface area contributed by atoms with E-state index < -0.39 is 11.5 Å². The van der Waals surface area contributed by atoms with Crippen molar-refractivity contribution in [2.24, 2.45) is 5.41 Å². The molecular formula is C18H22O2S. The molecule has 0 aliphatic rings. The van der Waals surface area contributed by atoms with E-state index in [0.29, 0.717) is 0 Å². The van der Waals surface area contributed by atoms with Gasteiger partial charge >= 0.3 is 0 Å². The summed E-state index contributed by atoms with van der Waals surface area (Å²) >= 11 is 1.63. The van der Waals surface area contributed by atoms with Crippen molar-refractivity contribution < 1.29 is 10.2 Å². The van der Waals surface area contributed by atoms with Crippen LogP contribution in [0.2, 0.25) is 0 Å². The lowest BCUT2D eigenvalue weighted by Gasteiger charge is -2.34. The van der Waals surface area contributed by atoms with Gasteiger partial charge in [0, 0.05) is 10.3 Å². The van der Waals surface area contributed by atoms with E-state index in [2.05, 4.69) is 0 Å². The van der Waals surface area contributed by atoms with Gasteiger partial charge < -0.3 is 10.2 Å². The molecule has 2 aromatic carbocycles. The first-order chi connectivity index (χ1) is 10.0. The summed E-state index contributed by atoms with van der Waals surface area (Å²) in [5, 5.41) is 20.2. The quantitative estimate of drug-likeness (QED) is 0.795. The van der Waals surface area contributed by atoms with Gasteiger partial charge in [0.25, 0.3) is 0 Å². The average Bonchev–Trinajstić information content (AvgIpc) is 2.53. The molecule has 2 rings (SSSR count). The highest BCUT2D eigenvalue weighted by molar-refractivity contribution is 7.99. The molecule has 0 amide bonds. The second kappa shape index (κ2) is 7.12. The van der Waals surface area contributed by atoms with Gasteiger partial charge in [0.2, 0.25) is 0 Å². The Hall–Kier alpha value is -1.29. The second-order valence-electron chi connectivity index (χ2n) is 5.85. The van der Waals surface area contributed by atoms with Crippen LogP contribution < -0.4 is 0 Å². The number of aliphatic hydroxyl groups excluding tert-OH is 2. The maximum Gasteiger partial charge on any atom is 0.0775 e. The Morgan fingerprint density at radius 1 is 0.952 bits per heavy atom. The Morgan fingerprint density at radius 3 is 2.00 bits per heavy atom. The van der Waals surface area contributed by atoms with Gasteiger partial charge in [0.05, 0.1) is 18.0 Å². The van der Waals surface area contributed by atoms with Gasteiger partial charge in [-0.3, -0.25) is 0 Å². The standard InChI is InChI=1S/C18H22O2S/c1-18(2,13-19)17(20)16(14-9-5-3-6-10-14)21-15-11-7-4-8-12-15/h3-12,16-17,19-20H,13H2,1-2H3/t16-,17-/m1/s1. The molecule has 0 heterocycles. The monoisotopic (exact) mass is 302 g/mol. The molecule has 0 spiro atoms. The predicted octanol–water partition coefficient (Wildman–Crippen LogP) is 3.90. The Kier molecular flexibility index (Phi) is 5.45. The van der Waals surface area contributed by atoms with E-state index in [1.165, 1.54) is 0 Å². The van der Waals surface area contributed by atoms with E-state index in [9.17, 15) is 10.2 Å². The molecule has 0 saturated heterocycles. The Balaban J connectivity index is 2.31. The largest absolute Gasteiger partial charge is 0.396 e. The Bertz CT molecular complexity index is 540. The van der Waals surface area contributed by atoms with Crippen molar-refractivity contribution in [1.82, 2.24) is 0 Å². The summed E-state index contributed by atoms with van der Waals surface area (Å²) in [6, 6.07) is 20.0. The van der Waals surface area contributed by atoms with Crippen LogP contribution in [0.15, 0.2) is 65.6 Å². The molecule has 0 radical (unpaired) electrons. The van der Waals surface area contributed by atoms with E-state index in [-0.39, 0.29) is 11.9 Å². The van der Waals surface area contributed by atoms with Crippen LogP contribution in [0.1, 0.15) is 24.7 Å². The highest BCUT2D eigenvalue weighted by Crippen LogP contribution is 2.43. The zero-order valence-electron chi connectivity index (χ0n) is 12.4. The lowest BCUT2D eigenvalue weighted by molar-refractivity contribution is 0.00655. The first-order valence-corrected chi connectivity index (χ1v) is 7.98. The number of hydrogen-bond donors (Lipinski definition) is 2. The van der Waals surface area contributed by atoms with Gasteiger partial charge in [-0.15, -0.1) is 11.8 Å². The van der Waals surface area contributed by atoms with Crippen molar-refractivity contribution >= 4 is 11.8 Å². The SMILES string of the molecule is CC(C)(CO)[C@H](O)[C@H](Sc1ccccc1)c1ccccc1. The van der Waals surface area contributed by atoms with Crippen LogP contribution in [0, 0.1) is 5.41 Å². The minimum absolute atomic E-state index is 0.0488. The number of hydrogen-bond acceptors (Lipinski definition) is 3. The first kappa shape index (κ1) is 16.1. The normalized spacial score (nSPS) is 14.7. The van der Waals surface area contributed by atoms with Crippen molar-refractivity contribution in [1.29, 1.82) is 0 Å². The third-order valence-corrected chi connectivity index (χ3v) is 4.96. The van der Waals surface area contributed by atoms with Crippen molar-refractivity contribution in [3.05, 3.63) is 66.2 Å². The molecule has 0 saturated carbocycles. The van der Waals surface area contributed by atoms with Gasteiger partial charge in [0.15, 0.2) is 0 Å². The number of rotatable bonds is 6. The van der Waals surface area contributed by atoms with Crippen LogP contribution in [-0.4, -0.2) is 22.9 Å². The van der Waals surface area contributed by atoms with Gasteiger partial charge in [-0.2, -0.15) is 0 Å². The third kappa shape index (κ3) is 4.10. The zero-order valence-corrected chi connectivity index (χ0v) is 13.3. The van der Waals surface area contributed by atoms with Crippen LogP contribution >= 0.6 is 11.8 Å². The van der Waals surface area contributed by atoms with Gasteiger partial charge in [-0.1, -0.05) is 62.4 Å². The Labute approximate surface area is 130 Å². The van der Waals surface area contributed by atoms with Crippen LogP contribution in [-0.2, 0) is 0 Å². The summed E-state index contributed by atoms with van der Waals surface area (Å²) < 4.78 is 0. The molecule has 0 fully saturated rings. The fourth-order valence-electron chi connectivity index (χ4n) is 2.11. The van der Waals surface area contributed by atoms with Crippen LogP contribution in [0.5, 0.6) is 0 Å². The van der Waals surface area contributed by atoms with E-state index >= 15 is 0 Å². The summed E-state index contributed by atoms with van der Waals surface area (Å²) in [5.74, 6) is 0. The second-order valence-corrected chi connectivity index (χ2v) is 7.07. The van der Waals surface area contributed by atoms with Crippen molar-refractivity contribution in [2.75, 3.05) is 6.61 Å². The minimum Gasteiger partial charge on any atom is -0.396 e. The summed E-state index contributed by atoms with van der Waals surface area (Å²) in [6.07, 6.45) is -0.643. The van der Waals surface area contributed by atoms with Crippen molar-refractivity contribution in [2.45, 2.75) is 30.1 Å². The van der Waals surface area contributed by atoms with E-state index in [0.717, 1.165) is 10.5 Å². The molecule has 0 aliphatic carbocycles. The molecule has 3 heteroatoms. The van der Waals surface area contributed by atoms with E-state index in [1.807, 2.05) is 74.5 Å². The molecule has 0 bridgehead atoms. The lowest BCUT2D eigenvalue weighted by Crippen LogP contribution is -2.36. The van der Waals surface area contributed by atoms with E-state index in [4.69, 9.17) is 0 Å². The molecule has 21 heavy (non-hydrogen) atoms. The molecule has 2 atom stereocenters. The molecule has 2 aromatic rings. The van der Waals surface area contributed by atoms with Crippen LogP contribution in [0.4, 0.5) is 0 Å². The maximum atomic E-state index is 10.8. The molecule has 2 nitrogen and oxygen atoms in total. The molecular weight excluding hydrogens is 280 g/mol. The van der Waals surface area contributed by atoms with E-state index in [1.54, 1.807) is 11.8 Å². The van der Waals surface area contributed by atoms with Crippen LogP contribution in [0.3, 0.4) is 0 Å². The number of thioether (sulfide) groups is 1. The van der Waals surface area contributed by atoms with Gasteiger partial charge in [-0.05, 0) is 17.7 Å². The molecule has 0 unspecified atom stereocenters. The minimum atomic E-state index is -0.643. The topological polar surface area (TPSA) is 40.5 Å². The predicted molar refractivity (Wildman–Crippen MR) is 88.4 cm³/mol. The third-order valence-electron chi connectivity index (χ3n) is 3.63. The van der Waals surface area contributed by atoms with Gasteiger partial charge in [0.1, 0.15) is 0 Å². The lowest BCUT2D eigenvalue weighted by atomic mass is 9.84. The number of aliphatic hydroxyl groups is 2.